The number of hydrogen-bond donors (Lipinski definition) is 3. The van der Waals surface area contributed by atoms with Crippen molar-refractivity contribution >= 4 is 24.2 Å². The first-order valence-electron chi connectivity index (χ1n) is 10.5. The van der Waals surface area contributed by atoms with Crippen molar-refractivity contribution in [2.24, 2.45) is 5.41 Å². The second-order valence-electron chi connectivity index (χ2n) is 8.19. The van der Waals surface area contributed by atoms with Gasteiger partial charge in [-0.05, 0) is 13.0 Å². The third-order valence-corrected chi connectivity index (χ3v) is 6.40. The molecule has 0 spiro atoms. The molecule has 0 aromatic rings. The van der Waals surface area contributed by atoms with Crippen LogP contribution in [0.5, 0.6) is 0 Å². The highest BCUT2D eigenvalue weighted by Crippen LogP contribution is 2.33. The number of carbonyl (C=O) groups excluding carboxylic acids is 2. The zero-order valence-electron chi connectivity index (χ0n) is 17.2. The maximum atomic E-state index is 13.4. The number of aliphatic hydroxyl groups excluding tert-OH is 2. The summed E-state index contributed by atoms with van der Waals surface area (Å²) in [5.74, 6) is 0.174. The Bertz CT molecular complexity index is 531. The molecule has 1 unspecified atom stereocenters. The molecule has 3 N–H and O–H groups in total. The molecule has 0 aromatic heterocycles. The van der Waals surface area contributed by atoms with E-state index in [1.54, 1.807) is 0 Å². The largest absolute Gasteiger partial charge is 0.395 e. The van der Waals surface area contributed by atoms with Gasteiger partial charge in [0.1, 0.15) is 0 Å². The molecule has 0 saturated carbocycles. The summed E-state index contributed by atoms with van der Waals surface area (Å²) in [6, 6.07) is 0. The average Bonchev–Trinajstić information content (AvgIpc) is 3.19. The topological polar surface area (TPSA) is 99.6 Å². The summed E-state index contributed by atoms with van der Waals surface area (Å²) in [5, 5.41) is 21.4. The van der Waals surface area contributed by atoms with Crippen LogP contribution in [0.4, 0.5) is 0 Å². The van der Waals surface area contributed by atoms with E-state index in [1.165, 1.54) is 0 Å². The van der Waals surface area contributed by atoms with E-state index in [1.807, 2.05) is 9.80 Å². The van der Waals surface area contributed by atoms with Crippen LogP contribution in [0.15, 0.2) is 0 Å². The van der Waals surface area contributed by atoms with Crippen LogP contribution in [-0.2, 0) is 9.59 Å². The number of hydrogen-bond acceptors (Lipinski definition) is 7. The molecule has 10 heteroatoms. The highest BCUT2D eigenvalue weighted by atomic mass is 35.5. The van der Waals surface area contributed by atoms with Crippen molar-refractivity contribution in [2.75, 3.05) is 91.8 Å². The molecule has 3 aliphatic heterocycles. The van der Waals surface area contributed by atoms with Crippen molar-refractivity contribution in [3.63, 3.8) is 0 Å². The van der Waals surface area contributed by atoms with Gasteiger partial charge >= 0.3 is 0 Å². The normalized spacial score (nSPS) is 26.4. The molecule has 3 rings (SSSR count). The number of carbonyl (C=O) groups is 2. The van der Waals surface area contributed by atoms with E-state index in [9.17, 15) is 9.59 Å². The van der Waals surface area contributed by atoms with Crippen LogP contribution in [0.3, 0.4) is 0 Å². The highest BCUT2D eigenvalue weighted by molar-refractivity contribution is 5.89. The monoisotopic (exact) mass is 433 g/mol. The van der Waals surface area contributed by atoms with E-state index >= 15 is 0 Å². The van der Waals surface area contributed by atoms with Crippen molar-refractivity contribution < 1.29 is 19.8 Å². The fraction of sp³-hybridized carbons (Fsp3) is 0.895. The van der Waals surface area contributed by atoms with Crippen molar-refractivity contribution in [1.82, 2.24) is 24.9 Å². The van der Waals surface area contributed by atoms with Crippen LogP contribution in [0, 0.1) is 5.41 Å². The molecular weight excluding hydrogens is 398 g/mol. The summed E-state index contributed by atoms with van der Waals surface area (Å²) in [4.78, 5) is 34.4. The van der Waals surface area contributed by atoms with E-state index in [0.717, 1.165) is 32.7 Å². The summed E-state index contributed by atoms with van der Waals surface area (Å²) in [7, 11) is 0. The number of amides is 2. The van der Waals surface area contributed by atoms with Crippen LogP contribution in [0.1, 0.15) is 12.8 Å². The maximum Gasteiger partial charge on any atom is 0.230 e. The summed E-state index contributed by atoms with van der Waals surface area (Å²) < 4.78 is 0. The van der Waals surface area contributed by atoms with Crippen molar-refractivity contribution in [3.8, 4) is 0 Å². The maximum absolute atomic E-state index is 13.4. The van der Waals surface area contributed by atoms with Crippen LogP contribution in [0.25, 0.3) is 0 Å². The lowest BCUT2D eigenvalue weighted by molar-refractivity contribution is -0.149. The first-order chi connectivity index (χ1) is 13.6. The van der Waals surface area contributed by atoms with Gasteiger partial charge in [-0.15, -0.1) is 12.4 Å². The van der Waals surface area contributed by atoms with Crippen LogP contribution in [0.2, 0.25) is 0 Å². The SMILES string of the molecule is Cl.O=C(CC1(C(=O)N2CCN(CCO)CC2)CCNC1)N1CCN(CCO)CC1. The van der Waals surface area contributed by atoms with Gasteiger partial charge in [-0.3, -0.25) is 19.4 Å². The van der Waals surface area contributed by atoms with E-state index in [4.69, 9.17) is 10.2 Å². The summed E-state index contributed by atoms with van der Waals surface area (Å²) in [6.45, 7) is 8.67. The molecule has 3 heterocycles. The van der Waals surface area contributed by atoms with Gasteiger partial charge in [-0.2, -0.15) is 0 Å². The van der Waals surface area contributed by atoms with Gasteiger partial charge in [0.2, 0.25) is 11.8 Å². The third-order valence-electron chi connectivity index (χ3n) is 6.40. The van der Waals surface area contributed by atoms with E-state index in [2.05, 4.69) is 15.1 Å². The lowest BCUT2D eigenvalue weighted by Crippen LogP contribution is -2.56. The molecule has 3 aliphatic rings. The minimum absolute atomic E-state index is 0. The quantitative estimate of drug-likeness (QED) is 0.429. The molecule has 3 saturated heterocycles. The Hall–Kier alpha value is -0.970. The number of rotatable bonds is 7. The second-order valence-corrected chi connectivity index (χ2v) is 8.19. The molecule has 2 amide bonds. The minimum Gasteiger partial charge on any atom is -0.395 e. The third kappa shape index (κ3) is 6.02. The summed E-state index contributed by atoms with van der Waals surface area (Å²) in [6.07, 6.45) is 0.981. The first-order valence-corrected chi connectivity index (χ1v) is 10.5. The second kappa shape index (κ2) is 11.4. The minimum atomic E-state index is -0.627. The fourth-order valence-corrected chi connectivity index (χ4v) is 4.57. The smallest absolute Gasteiger partial charge is 0.230 e. The van der Waals surface area contributed by atoms with E-state index < -0.39 is 5.41 Å². The molecule has 29 heavy (non-hydrogen) atoms. The number of halogens is 1. The molecule has 1 atom stereocenters. The van der Waals surface area contributed by atoms with Crippen molar-refractivity contribution in [3.05, 3.63) is 0 Å². The summed E-state index contributed by atoms with van der Waals surface area (Å²) in [5.41, 5.74) is -0.627. The van der Waals surface area contributed by atoms with Gasteiger partial charge < -0.3 is 25.3 Å². The Morgan fingerprint density at radius 1 is 0.828 bits per heavy atom. The van der Waals surface area contributed by atoms with Crippen LogP contribution in [-0.4, -0.2) is 133 Å². The Balaban J connectivity index is 0.00000300. The zero-order chi connectivity index (χ0) is 20.0. The van der Waals surface area contributed by atoms with E-state index in [-0.39, 0.29) is 43.9 Å². The molecule has 0 aliphatic carbocycles. The molecular formula is C19H36ClN5O4. The predicted molar refractivity (Wildman–Crippen MR) is 112 cm³/mol. The fourth-order valence-electron chi connectivity index (χ4n) is 4.57. The Labute approximate surface area is 179 Å². The van der Waals surface area contributed by atoms with Gasteiger partial charge in [0.05, 0.1) is 18.6 Å². The number of β-amino-alcohol motifs (C(OH)–C–C–N with tert-alkyl or cyclic N) is 2. The average molecular weight is 434 g/mol. The highest BCUT2D eigenvalue weighted by Gasteiger charge is 2.46. The lowest BCUT2D eigenvalue weighted by atomic mass is 9.81. The lowest BCUT2D eigenvalue weighted by Gasteiger charge is -2.40. The zero-order valence-corrected chi connectivity index (χ0v) is 18.0. The number of nitrogens with one attached hydrogen (secondary N) is 1. The van der Waals surface area contributed by atoms with Gasteiger partial charge in [-0.1, -0.05) is 0 Å². The Morgan fingerprint density at radius 3 is 1.79 bits per heavy atom. The van der Waals surface area contributed by atoms with E-state index in [0.29, 0.717) is 52.2 Å². The molecule has 0 bridgehead atoms. The van der Waals surface area contributed by atoms with Gasteiger partial charge in [0.15, 0.2) is 0 Å². The van der Waals surface area contributed by atoms with Gasteiger partial charge in [0.25, 0.3) is 0 Å². The van der Waals surface area contributed by atoms with Gasteiger partial charge in [-0.25, -0.2) is 0 Å². The molecule has 3 fully saturated rings. The Kier molecular flexibility index (Phi) is 9.58. The van der Waals surface area contributed by atoms with Crippen molar-refractivity contribution in [1.29, 1.82) is 0 Å². The van der Waals surface area contributed by atoms with Crippen molar-refractivity contribution in [2.45, 2.75) is 12.8 Å². The molecule has 0 aromatic carbocycles. The molecule has 9 nitrogen and oxygen atoms in total. The molecule has 168 valence electrons. The predicted octanol–water partition coefficient (Wildman–Crippen LogP) is -1.95. The number of aliphatic hydroxyl groups is 2. The first kappa shape index (κ1) is 24.3. The van der Waals surface area contributed by atoms with Gasteiger partial charge in [0, 0.05) is 78.4 Å². The van der Waals surface area contributed by atoms with Crippen LogP contribution < -0.4 is 5.32 Å². The Morgan fingerprint density at radius 2 is 1.34 bits per heavy atom. The molecule has 0 radical (unpaired) electrons. The van der Waals surface area contributed by atoms with Crippen LogP contribution >= 0.6 is 12.4 Å². The number of nitrogens with zero attached hydrogens (tertiary/aromatic N) is 4. The standard InChI is InChI=1S/C19H35N5O4.ClH/c25-13-11-21-3-7-23(8-4-21)17(27)15-19(1-2-20-16-19)18(28)24-9-5-22(6-10-24)12-14-26;/h20,25-26H,1-16H2;1H. The summed E-state index contributed by atoms with van der Waals surface area (Å²) >= 11 is 0. The number of piperazine rings is 2.